The summed E-state index contributed by atoms with van der Waals surface area (Å²) in [4.78, 5) is 67.3. The fourth-order valence-corrected chi connectivity index (χ4v) is 9.31. The van der Waals surface area contributed by atoms with Gasteiger partial charge in [-0.05, 0) is 86.3 Å². The molecule has 9 rings (SSSR count). The maximum atomic E-state index is 13.6. The van der Waals surface area contributed by atoms with Crippen LogP contribution in [0.25, 0.3) is 11.3 Å². The summed E-state index contributed by atoms with van der Waals surface area (Å²) in [6.07, 6.45) is 6.60. The number of nitrogens with zero attached hydrogens (tertiary/aromatic N) is 4. The fourth-order valence-electron chi connectivity index (χ4n) is 9.31. The topological polar surface area (TPSA) is 185 Å². The lowest BCUT2D eigenvalue weighted by Crippen LogP contribution is -2.56. The number of likely N-dealkylation sites (tertiary alicyclic amines) is 1. The van der Waals surface area contributed by atoms with Crippen LogP contribution in [0.1, 0.15) is 89.6 Å². The first kappa shape index (κ1) is 33.1. The molecule has 5 heterocycles. The van der Waals surface area contributed by atoms with Gasteiger partial charge in [-0.15, -0.1) is 10.2 Å². The number of aromatic nitrogens is 2. The highest BCUT2D eigenvalue weighted by Gasteiger charge is 2.55. The molecule has 6 aliphatic rings. The Kier molecular flexibility index (Phi) is 7.59. The summed E-state index contributed by atoms with van der Waals surface area (Å²) in [6, 6.07) is 11.0. The Morgan fingerprint density at radius 3 is 2.40 bits per heavy atom. The molecule has 2 aromatic carbocycles. The highest BCUT2D eigenvalue weighted by Crippen LogP contribution is 2.61. The molecule has 2 spiro atoms. The molecule has 53 heavy (non-hydrogen) atoms. The Balaban J connectivity index is 0.782. The van der Waals surface area contributed by atoms with Gasteiger partial charge < -0.3 is 20.5 Å². The van der Waals surface area contributed by atoms with Crippen LogP contribution in [0.3, 0.4) is 0 Å². The van der Waals surface area contributed by atoms with Gasteiger partial charge in [0.25, 0.3) is 11.8 Å². The molecule has 1 aromatic heterocycles. The SMILES string of the molecule is Nc1nnc(-c2ccccc2O)cc1C#CC1CC2(C1)CC(C(=O)N1CCC3(CCc4cc5c(cc4O3)C(=O)N(C3CCC(=O)NC3=O)C5=O)CC1)C2. The van der Waals surface area contributed by atoms with E-state index in [1.54, 1.807) is 36.4 Å². The summed E-state index contributed by atoms with van der Waals surface area (Å²) >= 11 is 0. The van der Waals surface area contributed by atoms with E-state index >= 15 is 0 Å². The van der Waals surface area contributed by atoms with Crippen molar-refractivity contribution < 1.29 is 33.8 Å². The number of hydrogen-bond acceptors (Lipinski definition) is 10. The van der Waals surface area contributed by atoms with E-state index in [0.717, 1.165) is 42.6 Å². The standard InChI is InChI=1S/C40H38N6O7/c41-34-24(16-29(43-44-34)26-3-1-2-4-31(26)47)6-5-22-18-39(19-22)20-25(21-39)36(50)45-13-11-40(12-14-45)10-9-23-15-27-28(17-32(23)53-40)38(52)46(37(27)51)30-7-8-33(48)42-35(30)49/h1-4,15-17,22,25,30,47H,7-14,18-21H2,(H2,41,44)(H,42,48,49). The van der Waals surface area contributed by atoms with Crippen molar-refractivity contribution >= 4 is 35.4 Å². The summed E-state index contributed by atoms with van der Waals surface area (Å²) in [5, 5.41) is 20.6. The molecule has 0 bridgehead atoms. The number of anilines is 1. The minimum Gasteiger partial charge on any atom is -0.507 e. The molecule has 13 nitrogen and oxygen atoms in total. The third-order valence-corrected chi connectivity index (χ3v) is 12.3. The van der Waals surface area contributed by atoms with Gasteiger partial charge in [0.05, 0.1) is 22.4 Å². The van der Waals surface area contributed by atoms with Crippen molar-refractivity contribution in [2.45, 2.75) is 75.9 Å². The van der Waals surface area contributed by atoms with Gasteiger partial charge in [0.2, 0.25) is 17.7 Å². The third kappa shape index (κ3) is 5.59. The Bertz CT molecular complexity index is 2180. The highest BCUT2D eigenvalue weighted by molar-refractivity contribution is 6.23. The number of carbonyl (C=O) groups excluding carboxylic acids is 5. The van der Waals surface area contributed by atoms with Crippen molar-refractivity contribution in [3.05, 3.63) is 64.7 Å². The number of nitrogen functional groups attached to an aromatic ring is 1. The molecule has 5 amide bonds. The van der Waals surface area contributed by atoms with Gasteiger partial charge in [-0.1, -0.05) is 24.0 Å². The summed E-state index contributed by atoms with van der Waals surface area (Å²) in [5.41, 5.74) is 8.75. The van der Waals surface area contributed by atoms with Crippen LogP contribution in [-0.4, -0.2) is 79.4 Å². The zero-order valence-corrected chi connectivity index (χ0v) is 29.0. The van der Waals surface area contributed by atoms with E-state index in [4.69, 9.17) is 10.5 Å². The van der Waals surface area contributed by atoms with Gasteiger partial charge in [0.1, 0.15) is 23.1 Å². The number of fused-ring (bicyclic) bond motifs is 2. The van der Waals surface area contributed by atoms with Crippen molar-refractivity contribution in [3.8, 4) is 34.6 Å². The zero-order valence-electron chi connectivity index (χ0n) is 29.0. The first-order valence-corrected chi connectivity index (χ1v) is 18.3. The smallest absolute Gasteiger partial charge is 0.262 e. The van der Waals surface area contributed by atoms with Gasteiger partial charge >= 0.3 is 0 Å². The summed E-state index contributed by atoms with van der Waals surface area (Å²) in [6.45, 7) is 1.20. The number of hydrogen-bond donors (Lipinski definition) is 3. The maximum absolute atomic E-state index is 13.6. The van der Waals surface area contributed by atoms with Crippen LogP contribution in [0.15, 0.2) is 42.5 Å². The van der Waals surface area contributed by atoms with Crippen molar-refractivity contribution in [1.29, 1.82) is 0 Å². The number of benzene rings is 2. The average molecular weight is 715 g/mol. The van der Waals surface area contributed by atoms with Crippen molar-refractivity contribution in [1.82, 2.24) is 25.3 Å². The first-order valence-electron chi connectivity index (χ1n) is 18.3. The van der Waals surface area contributed by atoms with E-state index in [1.165, 1.54) is 0 Å². The normalized spacial score (nSPS) is 26.8. The van der Waals surface area contributed by atoms with E-state index < -0.39 is 35.3 Å². The number of aryl methyl sites for hydroxylation is 1. The molecule has 2 aliphatic carbocycles. The Morgan fingerprint density at radius 1 is 0.925 bits per heavy atom. The number of rotatable bonds is 3. The number of carbonyl (C=O) groups is 5. The number of nitrogens with two attached hydrogens (primary N) is 1. The summed E-state index contributed by atoms with van der Waals surface area (Å²) < 4.78 is 6.60. The first-order chi connectivity index (χ1) is 25.5. The van der Waals surface area contributed by atoms with Crippen molar-refractivity contribution in [3.63, 3.8) is 0 Å². The van der Waals surface area contributed by atoms with Crippen LogP contribution < -0.4 is 15.8 Å². The molecule has 4 aliphatic heterocycles. The van der Waals surface area contributed by atoms with E-state index in [0.29, 0.717) is 54.9 Å². The van der Waals surface area contributed by atoms with Gasteiger partial charge in [0.15, 0.2) is 5.82 Å². The lowest BCUT2D eigenvalue weighted by Gasteiger charge is -2.57. The van der Waals surface area contributed by atoms with E-state index in [1.807, 2.05) is 11.0 Å². The largest absolute Gasteiger partial charge is 0.507 e. The molecule has 2 saturated heterocycles. The molecule has 3 aromatic rings. The monoisotopic (exact) mass is 714 g/mol. The van der Waals surface area contributed by atoms with Gasteiger partial charge in [-0.25, -0.2) is 0 Å². The van der Waals surface area contributed by atoms with Crippen LogP contribution in [0.5, 0.6) is 11.5 Å². The van der Waals surface area contributed by atoms with E-state index in [9.17, 15) is 29.1 Å². The molecule has 13 heteroatoms. The average Bonchev–Trinajstić information content (AvgIpc) is 3.35. The number of ether oxygens (including phenoxy) is 1. The Hall–Kier alpha value is -5.77. The molecule has 4 fully saturated rings. The van der Waals surface area contributed by atoms with E-state index in [2.05, 4.69) is 27.4 Å². The molecule has 4 N–H and O–H groups in total. The third-order valence-electron chi connectivity index (χ3n) is 12.3. The van der Waals surface area contributed by atoms with E-state index in [-0.39, 0.29) is 58.7 Å². The summed E-state index contributed by atoms with van der Waals surface area (Å²) in [5.74, 6) is 5.79. The number of nitrogens with one attached hydrogen (secondary N) is 1. The number of amides is 5. The van der Waals surface area contributed by atoms with Crippen LogP contribution in [0, 0.1) is 29.1 Å². The number of para-hydroxylation sites is 1. The van der Waals surface area contributed by atoms with Gasteiger partial charge in [0, 0.05) is 49.8 Å². The number of piperidine rings is 2. The number of phenolic OH excluding ortho intramolecular Hbond substituents is 1. The number of phenols is 1. The van der Waals surface area contributed by atoms with Crippen LogP contribution >= 0.6 is 0 Å². The molecule has 0 radical (unpaired) electrons. The maximum Gasteiger partial charge on any atom is 0.262 e. The Labute approximate surface area is 305 Å². The Morgan fingerprint density at radius 2 is 1.66 bits per heavy atom. The molecule has 270 valence electrons. The molecular formula is C40H38N6O7. The van der Waals surface area contributed by atoms with Crippen LogP contribution in [-0.2, 0) is 20.8 Å². The van der Waals surface area contributed by atoms with Crippen molar-refractivity contribution in [2.24, 2.45) is 17.3 Å². The molecule has 1 atom stereocenters. The summed E-state index contributed by atoms with van der Waals surface area (Å²) in [7, 11) is 0. The van der Waals surface area contributed by atoms with Crippen LogP contribution in [0.2, 0.25) is 0 Å². The lowest BCUT2D eigenvalue weighted by molar-refractivity contribution is -0.153. The predicted octanol–water partition coefficient (Wildman–Crippen LogP) is 3.38. The number of imide groups is 2. The second kappa shape index (κ2) is 12.1. The predicted molar refractivity (Wildman–Crippen MR) is 189 cm³/mol. The van der Waals surface area contributed by atoms with Gasteiger partial charge in [-0.3, -0.25) is 34.2 Å². The second-order valence-corrected chi connectivity index (χ2v) is 15.6. The number of aromatic hydroxyl groups is 1. The second-order valence-electron chi connectivity index (χ2n) is 15.6. The lowest BCUT2D eigenvalue weighted by atomic mass is 9.48. The van der Waals surface area contributed by atoms with Crippen LogP contribution in [0.4, 0.5) is 5.82 Å². The minimum atomic E-state index is -1.02. The fraction of sp³-hybridized carbons (Fsp3) is 0.425. The minimum absolute atomic E-state index is 0.0190. The van der Waals surface area contributed by atoms with Gasteiger partial charge in [-0.2, -0.15) is 0 Å². The highest BCUT2D eigenvalue weighted by atomic mass is 16.5. The molecule has 2 saturated carbocycles. The molecule has 1 unspecified atom stereocenters. The quantitative estimate of drug-likeness (QED) is 0.269. The zero-order chi connectivity index (χ0) is 36.6. The van der Waals surface area contributed by atoms with Crippen molar-refractivity contribution in [2.75, 3.05) is 18.8 Å². The molecular weight excluding hydrogens is 676 g/mol.